The van der Waals surface area contributed by atoms with Gasteiger partial charge in [-0.1, -0.05) is 42.0 Å². The molecule has 1 heterocycles. The van der Waals surface area contributed by atoms with Crippen LogP contribution in [-0.4, -0.2) is 35.3 Å². The van der Waals surface area contributed by atoms with Crippen LogP contribution in [0.15, 0.2) is 71.5 Å². The minimum absolute atomic E-state index is 0.135. The van der Waals surface area contributed by atoms with Crippen LogP contribution in [0.2, 0.25) is 0 Å². The number of methoxy groups -OCH3 is 2. The van der Waals surface area contributed by atoms with Gasteiger partial charge in [0.2, 0.25) is 5.91 Å². The van der Waals surface area contributed by atoms with Gasteiger partial charge in [0.25, 0.3) is 5.56 Å². The number of ether oxygens (including phenoxy) is 3. The van der Waals surface area contributed by atoms with Gasteiger partial charge in [0.05, 0.1) is 14.2 Å². The van der Waals surface area contributed by atoms with Crippen LogP contribution in [0.1, 0.15) is 28.8 Å². The molecule has 0 aliphatic carbocycles. The van der Waals surface area contributed by atoms with Crippen molar-refractivity contribution in [3.05, 3.63) is 99.5 Å². The average Bonchev–Trinajstić information content (AvgIpc) is 2.94. The molecule has 38 heavy (non-hydrogen) atoms. The van der Waals surface area contributed by atoms with E-state index in [1.54, 1.807) is 32.4 Å². The van der Waals surface area contributed by atoms with E-state index in [-0.39, 0.29) is 30.0 Å². The molecule has 0 atom stereocenters. The van der Waals surface area contributed by atoms with Crippen molar-refractivity contribution in [2.45, 2.75) is 32.9 Å². The van der Waals surface area contributed by atoms with Gasteiger partial charge in [-0.05, 0) is 48.4 Å². The predicted molar refractivity (Wildman–Crippen MR) is 143 cm³/mol. The van der Waals surface area contributed by atoms with Crippen molar-refractivity contribution in [3.63, 3.8) is 0 Å². The second-order valence-electron chi connectivity index (χ2n) is 8.72. The highest BCUT2D eigenvalue weighted by Crippen LogP contribution is 2.32. The molecular formula is C29H30N4O5. The van der Waals surface area contributed by atoms with Crippen molar-refractivity contribution in [1.29, 1.82) is 0 Å². The van der Waals surface area contributed by atoms with E-state index >= 15 is 0 Å². The lowest BCUT2D eigenvalue weighted by molar-refractivity contribution is -0.121. The number of aromatic amines is 1. The molecule has 196 valence electrons. The van der Waals surface area contributed by atoms with E-state index in [2.05, 4.69) is 20.5 Å². The molecule has 9 nitrogen and oxygen atoms in total. The van der Waals surface area contributed by atoms with E-state index in [4.69, 9.17) is 14.2 Å². The van der Waals surface area contributed by atoms with Gasteiger partial charge in [-0.2, -0.15) is 0 Å². The van der Waals surface area contributed by atoms with Gasteiger partial charge in [-0.3, -0.25) is 9.59 Å². The lowest BCUT2D eigenvalue weighted by atomic mass is 10.1. The zero-order valence-corrected chi connectivity index (χ0v) is 21.6. The third kappa shape index (κ3) is 6.97. The summed E-state index contributed by atoms with van der Waals surface area (Å²) in [7, 11) is 3.16. The van der Waals surface area contributed by atoms with E-state index < -0.39 is 0 Å². The molecule has 1 amide bonds. The maximum atomic E-state index is 12.6. The topological polar surface area (TPSA) is 115 Å². The summed E-state index contributed by atoms with van der Waals surface area (Å²) in [6, 6.07) is 20.8. The van der Waals surface area contributed by atoms with Crippen LogP contribution < -0.4 is 25.1 Å². The van der Waals surface area contributed by atoms with Gasteiger partial charge in [-0.25, -0.2) is 0 Å². The van der Waals surface area contributed by atoms with Crippen molar-refractivity contribution in [2.75, 3.05) is 14.2 Å². The predicted octanol–water partition coefficient (Wildman–Crippen LogP) is 3.99. The maximum absolute atomic E-state index is 12.6. The van der Waals surface area contributed by atoms with Crippen LogP contribution in [0.4, 0.5) is 0 Å². The summed E-state index contributed by atoms with van der Waals surface area (Å²) in [6.45, 7) is 2.77. The fourth-order valence-corrected chi connectivity index (χ4v) is 3.85. The first-order valence-corrected chi connectivity index (χ1v) is 12.2. The molecule has 1 aromatic heterocycles. The fraction of sp³-hybridized carbons (Fsp3) is 0.241. The van der Waals surface area contributed by atoms with Gasteiger partial charge in [0, 0.05) is 24.9 Å². The zero-order valence-electron chi connectivity index (χ0n) is 21.6. The SMILES string of the molecule is COc1cccc(COc2ccc(-c3nnc(CCC(=O)NCc4cccc(C)c4)c(=O)[nH]3)cc2OC)c1. The Morgan fingerprint density at radius 3 is 2.50 bits per heavy atom. The van der Waals surface area contributed by atoms with E-state index in [1.165, 1.54) is 0 Å². The van der Waals surface area contributed by atoms with Crippen LogP contribution in [0.5, 0.6) is 17.2 Å². The summed E-state index contributed by atoms with van der Waals surface area (Å²) in [5, 5.41) is 11.1. The molecule has 0 unspecified atom stereocenters. The average molecular weight is 515 g/mol. The van der Waals surface area contributed by atoms with Crippen molar-refractivity contribution in [1.82, 2.24) is 20.5 Å². The number of benzene rings is 3. The molecule has 0 saturated heterocycles. The fourth-order valence-electron chi connectivity index (χ4n) is 3.85. The van der Waals surface area contributed by atoms with Crippen LogP contribution in [0.3, 0.4) is 0 Å². The first-order chi connectivity index (χ1) is 18.4. The number of aromatic nitrogens is 3. The molecular weight excluding hydrogens is 484 g/mol. The summed E-state index contributed by atoms with van der Waals surface area (Å²) in [6.07, 6.45) is 0.318. The third-order valence-corrected chi connectivity index (χ3v) is 5.89. The van der Waals surface area contributed by atoms with Gasteiger partial charge >= 0.3 is 0 Å². The van der Waals surface area contributed by atoms with E-state index in [0.29, 0.717) is 36.0 Å². The van der Waals surface area contributed by atoms with Gasteiger partial charge in [0.1, 0.15) is 18.1 Å². The number of carbonyl (C=O) groups excluding carboxylic acids is 1. The Hall–Kier alpha value is -4.66. The summed E-state index contributed by atoms with van der Waals surface area (Å²) >= 11 is 0. The van der Waals surface area contributed by atoms with Gasteiger partial charge in [0.15, 0.2) is 17.3 Å². The Kier molecular flexibility index (Phi) is 8.71. The lowest BCUT2D eigenvalue weighted by Crippen LogP contribution is -2.25. The zero-order chi connectivity index (χ0) is 26.9. The van der Waals surface area contributed by atoms with E-state index in [0.717, 1.165) is 22.4 Å². The Bertz CT molecular complexity index is 1470. The molecule has 0 fully saturated rings. The Morgan fingerprint density at radius 1 is 0.921 bits per heavy atom. The number of carbonyl (C=O) groups is 1. The summed E-state index contributed by atoms with van der Waals surface area (Å²) in [5.41, 5.74) is 3.52. The number of nitrogens with zero attached hydrogens (tertiary/aromatic N) is 2. The molecule has 9 heteroatoms. The van der Waals surface area contributed by atoms with Crippen molar-refractivity contribution >= 4 is 5.91 Å². The molecule has 3 aromatic carbocycles. The van der Waals surface area contributed by atoms with E-state index in [1.807, 2.05) is 55.5 Å². The lowest BCUT2D eigenvalue weighted by Gasteiger charge is -2.12. The highest BCUT2D eigenvalue weighted by molar-refractivity contribution is 5.76. The Balaban J connectivity index is 1.36. The largest absolute Gasteiger partial charge is 0.497 e. The Morgan fingerprint density at radius 2 is 1.74 bits per heavy atom. The maximum Gasteiger partial charge on any atom is 0.273 e. The number of amides is 1. The quantitative estimate of drug-likeness (QED) is 0.311. The summed E-state index contributed by atoms with van der Waals surface area (Å²) in [5.74, 6) is 1.92. The first-order valence-electron chi connectivity index (χ1n) is 12.2. The molecule has 0 aliphatic heterocycles. The molecule has 4 rings (SSSR count). The smallest absolute Gasteiger partial charge is 0.273 e. The van der Waals surface area contributed by atoms with Crippen LogP contribution in [-0.2, 0) is 24.4 Å². The van der Waals surface area contributed by atoms with Crippen LogP contribution in [0, 0.1) is 6.92 Å². The molecule has 4 aromatic rings. The number of hydrogen-bond acceptors (Lipinski definition) is 7. The molecule has 2 N–H and O–H groups in total. The van der Waals surface area contributed by atoms with E-state index in [9.17, 15) is 9.59 Å². The molecule has 0 spiro atoms. The molecule has 0 aliphatic rings. The molecule has 0 saturated carbocycles. The first kappa shape index (κ1) is 26.4. The number of hydrogen-bond donors (Lipinski definition) is 2. The molecule has 0 radical (unpaired) electrons. The summed E-state index contributed by atoms with van der Waals surface area (Å²) in [4.78, 5) is 27.6. The minimum Gasteiger partial charge on any atom is -0.497 e. The van der Waals surface area contributed by atoms with Crippen LogP contribution >= 0.6 is 0 Å². The summed E-state index contributed by atoms with van der Waals surface area (Å²) < 4.78 is 16.7. The second kappa shape index (κ2) is 12.5. The highest BCUT2D eigenvalue weighted by atomic mass is 16.5. The van der Waals surface area contributed by atoms with Gasteiger partial charge < -0.3 is 24.5 Å². The second-order valence-corrected chi connectivity index (χ2v) is 8.72. The third-order valence-electron chi connectivity index (χ3n) is 5.89. The number of nitrogens with one attached hydrogen (secondary N) is 2. The van der Waals surface area contributed by atoms with Crippen molar-refractivity contribution in [2.24, 2.45) is 0 Å². The monoisotopic (exact) mass is 514 g/mol. The highest BCUT2D eigenvalue weighted by Gasteiger charge is 2.13. The van der Waals surface area contributed by atoms with Gasteiger partial charge in [-0.15, -0.1) is 10.2 Å². The Labute approximate surface area is 220 Å². The number of rotatable bonds is 11. The standard InChI is InChI=1S/C29H30N4O5/c1-19-6-4-7-20(14-19)17-30-27(34)13-11-24-29(35)31-28(33-32-24)22-10-12-25(26(16-22)37-3)38-18-21-8-5-9-23(15-21)36-2/h4-10,12,14-16H,11,13,17-18H2,1-3H3,(H,30,34)(H,31,33,35). The molecule has 0 bridgehead atoms. The van der Waals surface area contributed by atoms with Crippen molar-refractivity contribution < 1.29 is 19.0 Å². The number of H-pyrrole nitrogens is 1. The number of aryl methyl sites for hydroxylation is 2. The van der Waals surface area contributed by atoms with Crippen LogP contribution in [0.25, 0.3) is 11.4 Å². The van der Waals surface area contributed by atoms with Crippen molar-refractivity contribution in [3.8, 4) is 28.6 Å². The minimum atomic E-state index is -0.390. The normalized spacial score (nSPS) is 10.6.